The van der Waals surface area contributed by atoms with Crippen LogP contribution in [-0.2, 0) is 14.3 Å². The number of cyclic esters (lactones) is 1. The van der Waals surface area contributed by atoms with Crippen LogP contribution in [0.5, 0.6) is 0 Å². The van der Waals surface area contributed by atoms with Crippen LogP contribution in [0.4, 0.5) is 4.39 Å². The molecule has 1 fully saturated rings. The first-order valence-corrected chi connectivity index (χ1v) is 11.8. The van der Waals surface area contributed by atoms with E-state index in [0.29, 0.717) is 30.4 Å². The summed E-state index contributed by atoms with van der Waals surface area (Å²) in [6, 6.07) is 8.21. The van der Waals surface area contributed by atoms with Crippen molar-refractivity contribution in [2.45, 2.75) is 64.8 Å². The van der Waals surface area contributed by atoms with Crippen LogP contribution in [0.3, 0.4) is 0 Å². The normalized spacial score (nSPS) is 24.4. The fraction of sp³-hybridized carbons (Fsp3) is 0.393. The number of pyridine rings is 1. The van der Waals surface area contributed by atoms with E-state index in [2.05, 4.69) is 18.8 Å². The van der Waals surface area contributed by atoms with Crippen LogP contribution in [0.1, 0.15) is 61.0 Å². The van der Waals surface area contributed by atoms with E-state index in [1.54, 1.807) is 49.7 Å². The van der Waals surface area contributed by atoms with E-state index in [-0.39, 0.29) is 18.3 Å². The lowest BCUT2D eigenvalue weighted by molar-refractivity contribution is -0.156. The zero-order valence-electron chi connectivity index (χ0n) is 20.2. The molecule has 0 radical (unpaired) electrons. The Hall–Kier alpha value is -3.32. The maximum atomic E-state index is 14.0. The summed E-state index contributed by atoms with van der Waals surface area (Å²) in [6.45, 7) is 5.85. The lowest BCUT2D eigenvalue weighted by atomic mass is 9.69. The predicted octanol–water partition coefficient (Wildman–Crippen LogP) is 4.95. The van der Waals surface area contributed by atoms with Gasteiger partial charge in [0, 0.05) is 25.2 Å². The number of ether oxygens (including phenoxy) is 2. The third-order valence-corrected chi connectivity index (χ3v) is 6.59. The van der Waals surface area contributed by atoms with Crippen molar-refractivity contribution in [1.82, 2.24) is 4.98 Å². The van der Waals surface area contributed by atoms with Crippen molar-refractivity contribution in [3.8, 4) is 0 Å². The lowest BCUT2D eigenvalue weighted by Crippen LogP contribution is -2.33. The SMILES string of the molecule is Cc1cc(C2=C(C=C[C@H]3C[C@H](O)CC(=O)O3)C(C)(C)CC(OC(=O)c3ccncc3)C2)ccc1F. The topological polar surface area (TPSA) is 85.7 Å². The second-order valence-electron chi connectivity index (χ2n) is 9.89. The maximum Gasteiger partial charge on any atom is 0.338 e. The third-order valence-electron chi connectivity index (χ3n) is 6.59. The van der Waals surface area contributed by atoms with E-state index in [4.69, 9.17) is 9.47 Å². The maximum absolute atomic E-state index is 14.0. The highest BCUT2D eigenvalue weighted by Crippen LogP contribution is 2.46. The number of hydrogen-bond donors (Lipinski definition) is 1. The third kappa shape index (κ3) is 5.85. The summed E-state index contributed by atoms with van der Waals surface area (Å²) in [5.41, 5.74) is 3.35. The van der Waals surface area contributed by atoms with Crippen molar-refractivity contribution in [2.24, 2.45) is 5.41 Å². The highest BCUT2D eigenvalue weighted by molar-refractivity contribution is 5.89. The molecule has 1 aromatic heterocycles. The minimum absolute atomic E-state index is 0.00313. The van der Waals surface area contributed by atoms with Crippen LogP contribution in [0.2, 0.25) is 0 Å². The van der Waals surface area contributed by atoms with Gasteiger partial charge in [-0.15, -0.1) is 0 Å². The van der Waals surface area contributed by atoms with Crippen molar-refractivity contribution in [1.29, 1.82) is 0 Å². The number of halogens is 1. The fourth-order valence-corrected chi connectivity index (χ4v) is 4.85. The summed E-state index contributed by atoms with van der Waals surface area (Å²) in [7, 11) is 0. The Morgan fingerprint density at radius 3 is 2.66 bits per heavy atom. The monoisotopic (exact) mass is 479 g/mol. The molecule has 2 heterocycles. The summed E-state index contributed by atoms with van der Waals surface area (Å²) < 4.78 is 25.3. The van der Waals surface area contributed by atoms with Crippen molar-refractivity contribution in [2.75, 3.05) is 0 Å². The molecule has 35 heavy (non-hydrogen) atoms. The molecule has 7 heteroatoms. The molecule has 2 aliphatic rings. The van der Waals surface area contributed by atoms with Crippen LogP contribution < -0.4 is 0 Å². The van der Waals surface area contributed by atoms with Gasteiger partial charge in [0.1, 0.15) is 18.0 Å². The van der Waals surface area contributed by atoms with Gasteiger partial charge >= 0.3 is 11.9 Å². The molecule has 1 unspecified atom stereocenters. The second kappa shape index (κ2) is 10.1. The Balaban J connectivity index is 1.68. The lowest BCUT2D eigenvalue weighted by Gasteiger charge is -2.38. The second-order valence-corrected chi connectivity index (χ2v) is 9.89. The number of benzene rings is 1. The number of allylic oxidation sites excluding steroid dienone is 2. The largest absolute Gasteiger partial charge is 0.458 e. The first-order chi connectivity index (χ1) is 16.6. The number of aliphatic hydroxyl groups is 1. The van der Waals surface area contributed by atoms with Gasteiger partial charge in [-0.3, -0.25) is 9.78 Å². The molecule has 4 rings (SSSR count). The number of hydrogen-bond acceptors (Lipinski definition) is 6. The van der Waals surface area contributed by atoms with Crippen LogP contribution >= 0.6 is 0 Å². The Bertz CT molecular complexity index is 1170. The molecule has 0 saturated carbocycles. The minimum atomic E-state index is -0.726. The van der Waals surface area contributed by atoms with Crippen LogP contribution in [-0.4, -0.2) is 40.3 Å². The molecule has 1 aromatic carbocycles. The highest BCUT2D eigenvalue weighted by atomic mass is 19.1. The van der Waals surface area contributed by atoms with Gasteiger partial charge in [0.15, 0.2) is 0 Å². The number of esters is 2. The minimum Gasteiger partial charge on any atom is -0.458 e. The molecule has 0 amide bonds. The molecule has 6 nitrogen and oxygen atoms in total. The van der Waals surface area contributed by atoms with Gasteiger partial charge in [0.2, 0.25) is 0 Å². The van der Waals surface area contributed by atoms with E-state index in [0.717, 1.165) is 16.7 Å². The molecule has 3 atom stereocenters. The fourth-order valence-electron chi connectivity index (χ4n) is 4.85. The van der Waals surface area contributed by atoms with Gasteiger partial charge in [-0.1, -0.05) is 26.0 Å². The summed E-state index contributed by atoms with van der Waals surface area (Å²) in [5, 5.41) is 9.95. The van der Waals surface area contributed by atoms with Crippen LogP contribution in [0, 0.1) is 18.2 Å². The molecule has 2 aromatic rings. The van der Waals surface area contributed by atoms with E-state index in [1.165, 1.54) is 6.07 Å². The first-order valence-electron chi connectivity index (χ1n) is 11.8. The Morgan fingerprint density at radius 2 is 1.97 bits per heavy atom. The number of aryl methyl sites for hydroxylation is 1. The highest BCUT2D eigenvalue weighted by Gasteiger charge is 2.37. The molecule has 184 valence electrons. The number of carbonyl (C=O) groups excluding carboxylic acids is 2. The van der Waals surface area contributed by atoms with Gasteiger partial charge in [0.25, 0.3) is 0 Å². The van der Waals surface area contributed by atoms with Crippen molar-refractivity contribution in [3.05, 3.63) is 83.0 Å². The molecule has 1 saturated heterocycles. The van der Waals surface area contributed by atoms with E-state index in [9.17, 15) is 19.1 Å². The molecule has 0 bridgehead atoms. The van der Waals surface area contributed by atoms with E-state index in [1.807, 2.05) is 6.08 Å². The summed E-state index contributed by atoms with van der Waals surface area (Å²) in [6.07, 6.45) is 6.59. The molecule has 1 N–H and O–H groups in total. The number of aliphatic hydroxyl groups excluding tert-OH is 1. The van der Waals surface area contributed by atoms with Crippen LogP contribution in [0.25, 0.3) is 5.57 Å². The average Bonchev–Trinajstić information content (AvgIpc) is 2.79. The molecular formula is C28H30FNO5. The number of rotatable bonds is 5. The smallest absolute Gasteiger partial charge is 0.338 e. The number of aromatic nitrogens is 1. The van der Waals surface area contributed by atoms with Gasteiger partial charge < -0.3 is 14.6 Å². The van der Waals surface area contributed by atoms with Crippen molar-refractivity contribution >= 4 is 17.5 Å². The molecule has 1 aliphatic carbocycles. The number of carbonyl (C=O) groups is 2. The van der Waals surface area contributed by atoms with Crippen molar-refractivity contribution < 1.29 is 28.6 Å². The quantitative estimate of drug-likeness (QED) is 0.611. The summed E-state index contributed by atoms with van der Waals surface area (Å²) in [4.78, 5) is 28.4. The Kier molecular flexibility index (Phi) is 7.17. The van der Waals surface area contributed by atoms with Gasteiger partial charge in [-0.2, -0.15) is 0 Å². The molecular weight excluding hydrogens is 449 g/mol. The molecule has 0 spiro atoms. The molecule has 1 aliphatic heterocycles. The van der Waals surface area contributed by atoms with Crippen molar-refractivity contribution in [3.63, 3.8) is 0 Å². The van der Waals surface area contributed by atoms with Gasteiger partial charge in [0.05, 0.1) is 18.1 Å². The zero-order chi connectivity index (χ0) is 25.2. The van der Waals surface area contributed by atoms with Crippen LogP contribution in [0.15, 0.2) is 60.5 Å². The Morgan fingerprint density at radius 1 is 1.23 bits per heavy atom. The average molecular weight is 480 g/mol. The Labute approximate surface area is 204 Å². The standard InChI is InChI=1S/C28H30FNO5/c1-17-12-19(4-7-25(17)29)23-15-22(35-27(33)18-8-10-30-11-9-18)16-28(2,3)24(23)6-5-21-13-20(31)14-26(32)34-21/h4-12,20-22,31H,13-16H2,1-3H3/t20-,21-,22?/m0/s1. The van der Waals surface area contributed by atoms with Gasteiger partial charge in [-0.05, 0) is 71.4 Å². The predicted molar refractivity (Wildman–Crippen MR) is 129 cm³/mol. The first kappa shape index (κ1) is 24.8. The van der Waals surface area contributed by atoms with Gasteiger partial charge in [-0.25, -0.2) is 9.18 Å². The zero-order valence-corrected chi connectivity index (χ0v) is 20.2. The van der Waals surface area contributed by atoms with E-state index < -0.39 is 29.6 Å². The van der Waals surface area contributed by atoms with E-state index >= 15 is 0 Å². The summed E-state index contributed by atoms with van der Waals surface area (Å²) >= 11 is 0. The number of nitrogens with zero attached hydrogens (tertiary/aromatic N) is 1. The summed E-state index contributed by atoms with van der Waals surface area (Å²) in [5.74, 6) is -1.12.